The van der Waals surface area contributed by atoms with Gasteiger partial charge in [-0.05, 0) is 18.4 Å². The van der Waals surface area contributed by atoms with Crippen molar-refractivity contribution in [2.75, 3.05) is 14.2 Å². The van der Waals surface area contributed by atoms with Crippen LogP contribution in [0.25, 0.3) is 0 Å². The molecule has 0 amide bonds. The van der Waals surface area contributed by atoms with Crippen LogP contribution in [0, 0.1) is 0 Å². The normalized spacial score (nSPS) is 11.3. The van der Waals surface area contributed by atoms with E-state index in [1.807, 2.05) is 0 Å². The van der Waals surface area contributed by atoms with Gasteiger partial charge in [0.2, 0.25) is 0 Å². The molecule has 0 aliphatic carbocycles. The van der Waals surface area contributed by atoms with Gasteiger partial charge in [-0.1, -0.05) is 89.0 Å². The first kappa shape index (κ1) is 20.2. The van der Waals surface area contributed by atoms with Crippen molar-refractivity contribution in [3.63, 3.8) is 0 Å². The Balaban J connectivity index is 2.05. The van der Waals surface area contributed by atoms with Gasteiger partial charge in [0.1, 0.15) is 0 Å². The van der Waals surface area contributed by atoms with Gasteiger partial charge in [-0.2, -0.15) is 0 Å². The summed E-state index contributed by atoms with van der Waals surface area (Å²) in [6.07, 6.45) is 14.9. The third-order valence-corrected chi connectivity index (χ3v) is 4.50. The Hall–Kier alpha value is -0.860. The summed E-state index contributed by atoms with van der Waals surface area (Å²) in [7, 11) is 3.35. The van der Waals surface area contributed by atoms with Crippen LogP contribution in [0.5, 0.6) is 0 Å². The quantitative estimate of drug-likeness (QED) is 0.290. The molecule has 132 valence electrons. The van der Waals surface area contributed by atoms with E-state index < -0.39 is 0 Å². The number of hydrogen-bond acceptors (Lipinski definition) is 2. The molecular weight excluding hydrogens is 284 g/mol. The molecular formula is C21H36O2. The molecule has 0 aromatic heterocycles. The highest BCUT2D eigenvalue weighted by Crippen LogP contribution is 2.19. The summed E-state index contributed by atoms with van der Waals surface area (Å²) in [5.74, 6) is 0. The van der Waals surface area contributed by atoms with Gasteiger partial charge in [0.25, 0.3) is 0 Å². The number of ether oxygens (including phenoxy) is 2. The van der Waals surface area contributed by atoms with Crippen LogP contribution in [-0.4, -0.2) is 14.2 Å². The molecule has 0 atom stereocenters. The Morgan fingerprint density at radius 2 is 1.17 bits per heavy atom. The van der Waals surface area contributed by atoms with Crippen molar-refractivity contribution >= 4 is 0 Å². The van der Waals surface area contributed by atoms with E-state index in [-0.39, 0.29) is 6.29 Å². The molecule has 0 saturated carbocycles. The van der Waals surface area contributed by atoms with E-state index in [2.05, 4.69) is 31.2 Å². The Kier molecular flexibility index (Phi) is 11.9. The van der Waals surface area contributed by atoms with Crippen LogP contribution in [-0.2, 0) is 15.9 Å². The highest BCUT2D eigenvalue weighted by atomic mass is 16.7. The lowest BCUT2D eigenvalue weighted by Crippen LogP contribution is -2.03. The summed E-state index contributed by atoms with van der Waals surface area (Å²) < 4.78 is 10.5. The van der Waals surface area contributed by atoms with Crippen molar-refractivity contribution in [3.05, 3.63) is 35.4 Å². The van der Waals surface area contributed by atoms with Crippen molar-refractivity contribution in [3.8, 4) is 0 Å². The molecule has 0 heterocycles. The molecule has 2 nitrogen and oxygen atoms in total. The lowest BCUT2D eigenvalue weighted by molar-refractivity contribution is -0.106. The topological polar surface area (TPSA) is 18.5 Å². The number of aryl methyl sites for hydroxylation is 1. The highest BCUT2D eigenvalue weighted by molar-refractivity contribution is 5.23. The van der Waals surface area contributed by atoms with Crippen LogP contribution in [0.4, 0.5) is 0 Å². The van der Waals surface area contributed by atoms with Gasteiger partial charge in [0.05, 0.1) is 0 Å². The second kappa shape index (κ2) is 13.6. The maximum atomic E-state index is 5.27. The van der Waals surface area contributed by atoms with Crippen molar-refractivity contribution in [1.82, 2.24) is 0 Å². The van der Waals surface area contributed by atoms with Gasteiger partial charge in [-0.15, -0.1) is 0 Å². The second-order valence-corrected chi connectivity index (χ2v) is 6.48. The van der Waals surface area contributed by atoms with Gasteiger partial charge >= 0.3 is 0 Å². The van der Waals surface area contributed by atoms with Crippen LogP contribution in [0.3, 0.4) is 0 Å². The Labute approximate surface area is 143 Å². The molecule has 1 aromatic rings. The Bertz CT molecular complexity index is 368. The maximum absolute atomic E-state index is 5.27. The fraction of sp³-hybridized carbons (Fsp3) is 0.714. The third kappa shape index (κ3) is 9.12. The molecule has 0 bridgehead atoms. The number of rotatable bonds is 14. The molecule has 1 rings (SSSR count). The Morgan fingerprint density at radius 1 is 0.696 bits per heavy atom. The van der Waals surface area contributed by atoms with Crippen LogP contribution in [0.1, 0.15) is 88.5 Å². The first-order valence-electron chi connectivity index (χ1n) is 9.46. The van der Waals surface area contributed by atoms with E-state index >= 15 is 0 Å². The van der Waals surface area contributed by atoms with Gasteiger partial charge in [0.15, 0.2) is 6.29 Å². The van der Waals surface area contributed by atoms with E-state index in [0.29, 0.717) is 0 Å². The standard InChI is InChI=1S/C21H36O2/c1-4-5-6-7-8-9-10-11-12-13-14-19-15-17-20(18-16-19)21(22-2)23-3/h15-18,21H,4-14H2,1-3H3. The summed E-state index contributed by atoms with van der Waals surface area (Å²) in [6.45, 7) is 2.28. The molecule has 0 fully saturated rings. The van der Waals surface area contributed by atoms with E-state index in [9.17, 15) is 0 Å². The highest BCUT2D eigenvalue weighted by Gasteiger charge is 2.07. The lowest BCUT2D eigenvalue weighted by Gasteiger charge is -2.13. The van der Waals surface area contributed by atoms with E-state index in [1.165, 1.54) is 76.2 Å². The molecule has 2 heteroatoms. The summed E-state index contributed by atoms with van der Waals surface area (Å²) in [5.41, 5.74) is 2.50. The predicted octanol–water partition coefficient (Wildman–Crippen LogP) is 6.44. The minimum atomic E-state index is -0.249. The smallest absolute Gasteiger partial charge is 0.183 e. The van der Waals surface area contributed by atoms with Crippen LogP contribution >= 0.6 is 0 Å². The second-order valence-electron chi connectivity index (χ2n) is 6.48. The fourth-order valence-electron chi connectivity index (χ4n) is 3.03. The minimum absolute atomic E-state index is 0.249. The fourth-order valence-corrected chi connectivity index (χ4v) is 3.03. The number of hydrogen-bond donors (Lipinski definition) is 0. The molecule has 0 unspecified atom stereocenters. The van der Waals surface area contributed by atoms with Gasteiger partial charge < -0.3 is 9.47 Å². The van der Waals surface area contributed by atoms with Crippen LogP contribution < -0.4 is 0 Å². The van der Waals surface area contributed by atoms with Gasteiger partial charge in [0, 0.05) is 19.8 Å². The zero-order valence-electron chi connectivity index (χ0n) is 15.5. The largest absolute Gasteiger partial charge is 0.352 e. The molecule has 0 saturated heterocycles. The average molecular weight is 321 g/mol. The lowest BCUT2D eigenvalue weighted by atomic mass is 10.0. The van der Waals surface area contributed by atoms with Gasteiger partial charge in [-0.25, -0.2) is 0 Å². The first-order chi connectivity index (χ1) is 11.3. The summed E-state index contributed by atoms with van der Waals surface area (Å²) in [6, 6.07) is 8.63. The summed E-state index contributed by atoms with van der Waals surface area (Å²) >= 11 is 0. The molecule has 0 spiro atoms. The van der Waals surface area contributed by atoms with E-state index in [1.54, 1.807) is 14.2 Å². The first-order valence-corrected chi connectivity index (χ1v) is 9.46. The zero-order chi connectivity index (χ0) is 16.8. The van der Waals surface area contributed by atoms with Crippen molar-refractivity contribution in [2.24, 2.45) is 0 Å². The van der Waals surface area contributed by atoms with Crippen molar-refractivity contribution < 1.29 is 9.47 Å². The monoisotopic (exact) mass is 320 g/mol. The molecule has 0 aliphatic rings. The number of benzene rings is 1. The van der Waals surface area contributed by atoms with E-state index in [4.69, 9.17) is 9.47 Å². The SMILES string of the molecule is CCCCCCCCCCCCc1ccc(C(OC)OC)cc1. The zero-order valence-corrected chi connectivity index (χ0v) is 15.5. The molecule has 0 aliphatic heterocycles. The Morgan fingerprint density at radius 3 is 1.65 bits per heavy atom. The number of unbranched alkanes of at least 4 members (excludes halogenated alkanes) is 9. The minimum Gasteiger partial charge on any atom is -0.352 e. The van der Waals surface area contributed by atoms with Crippen molar-refractivity contribution in [2.45, 2.75) is 83.8 Å². The van der Waals surface area contributed by atoms with Crippen molar-refractivity contribution in [1.29, 1.82) is 0 Å². The number of methoxy groups -OCH3 is 2. The summed E-state index contributed by atoms with van der Waals surface area (Å²) in [4.78, 5) is 0. The average Bonchev–Trinajstić information content (AvgIpc) is 2.59. The van der Waals surface area contributed by atoms with Crippen LogP contribution in [0.15, 0.2) is 24.3 Å². The van der Waals surface area contributed by atoms with Gasteiger partial charge in [-0.3, -0.25) is 0 Å². The molecule has 1 aromatic carbocycles. The molecule has 0 radical (unpaired) electrons. The maximum Gasteiger partial charge on any atom is 0.183 e. The third-order valence-electron chi connectivity index (χ3n) is 4.50. The van der Waals surface area contributed by atoms with E-state index in [0.717, 1.165) is 5.56 Å². The molecule has 0 N–H and O–H groups in total. The molecule has 23 heavy (non-hydrogen) atoms. The predicted molar refractivity (Wildman–Crippen MR) is 98.7 cm³/mol. The van der Waals surface area contributed by atoms with Crippen LogP contribution in [0.2, 0.25) is 0 Å². The summed E-state index contributed by atoms with van der Waals surface area (Å²) in [5, 5.41) is 0.